The van der Waals surface area contributed by atoms with Gasteiger partial charge < -0.3 is 49.5 Å². The molecule has 0 aromatic heterocycles. The van der Waals surface area contributed by atoms with Crippen molar-refractivity contribution in [2.24, 2.45) is 23.0 Å². The molecule has 15 heteroatoms. The number of nitrogens with zero attached hydrogens (tertiary/aromatic N) is 1. The van der Waals surface area contributed by atoms with E-state index < -0.39 is 41.3 Å². The Morgan fingerprint density at radius 3 is 1.95 bits per heavy atom. The predicted octanol–water partition coefficient (Wildman–Crippen LogP) is 5.39. The van der Waals surface area contributed by atoms with Gasteiger partial charge in [-0.1, -0.05) is 81.4 Å². The van der Waals surface area contributed by atoms with Gasteiger partial charge in [0, 0.05) is 19.5 Å². The standard InChI is InChI=1S/C51H72N4O11/c1-36(55(5)50(59)66-35-37-12-7-6-8-13-37)48(57)54-47(51(2,3)4)46(56)43-34-40-32-41(65-31-30-64-29-28-63-27-26-62-25-24-61-23-22-60-21-20-52)19-18-39(40)33-44(43)49(58)53-45-17-11-15-38-14-9-10-16-42(38)45/h6-10,12-14,16,18-19,32,36,43-45,47H,11,15,17,20-31,33-35,52H2,1-5H3,(H,53,58)(H,54,57)/t36-,43?,44+,45+,47+/m0/s1. The minimum atomic E-state index is -0.969. The first-order valence-corrected chi connectivity index (χ1v) is 23.4. The molecule has 0 bridgehead atoms. The molecule has 15 nitrogen and oxygen atoms in total. The first kappa shape index (κ1) is 52.1. The number of fused-ring (bicyclic) bond motifs is 2. The average Bonchev–Trinajstić information content (AvgIpc) is 3.32. The van der Waals surface area contributed by atoms with Crippen molar-refractivity contribution in [3.8, 4) is 5.75 Å². The number of amides is 3. The minimum absolute atomic E-state index is 0.0552. The van der Waals surface area contributed by atoms with Crippen LogP contribution in [0.4, 0.5) is 4.79 Å². The summed E-state index contributed by atoms with van der Waals surface area (Å²) in [5, 5.41) is 6.33. The molecular formula is C51H72N4O11. The Kier molecular flexibility index (Phi) is 21.3. The van der Waals surface area contributed by atoms with E-state index in [1.54, 1.807) is 6.92 Å². The number of likely N-dealkylation sites (N-methyl/N-ethyl adjacent to an activating group) is 1. The molecule has 3 amide bonds. The van der Waals surface area contributed by atoms with E-state index in [2.05, 4.69) is 22.8 Å². The van der Waals surface area contributed by atoms with Crippen molar-refractivity contribution in [3.63, 3.8) is 0 Å². The van der Waals surface area contributed by atoms with Crippen molar-refractivity contribution in [2.75, 3.05) is 86.3 Å². The molecule has 0 heterocycles. The first-order chi connectivity index (χ1) is 31.9. The molecular weight excluding hydrogens is 845 g/mol. The summed E-state index contributed by atoms with van der Waals surface area (Å²) >= 11 is 0. The summed E-state index contributed by atoms with van der Waals surface area (Å²) in [7, 11) is 1.50. The molecule has 0 radical (unpaired) electrons. The Morgan fingerprint density at radius 1 is 0.727 bits per heavy atom. The van der Waals surface area contributed by atoms with Gasteiger partial charge in [0.2, 0.25) is 11.8 Å². The van der Waals surface area contributed by atoms with Crippen LogP contribution < -0.4 is 21.1 Å². The molecule has 0 saturated carbocycles. The molecule has 0 fully saturated rings. The van der Waals surface area contributed by atoms with Gasteiger partial charge in [0.1, 0.15) is 25.0 Å². The molecule has 4 N–H and O–H groups in total. The van der Waals surface area contributed by atoms with E-state index in [1.807, 2.05) is 81.4 Å². The molecule has 3 aromatic rings. The average molecular weight is 917 g/mol. The lowest BCUT2D eigenvalue weighted by Gasteiger charge is -2.39. The SMILES string of the molecule is C[C@@H](C(=O)N[C@H](C(=O)C1Cc2cc(OCCOCCOCCOCCOCCOCCN)ccc2C[C@H]1C(=O)N[C@@H]1CCCc2ccccc21)C(C)(C)C)N(C)C(=O)OCc1ccccc1. The van der Waals surface area contributed by atoms with E-state index in [0.717, 1.165) is 41.5 Å². The van der Waals surface area contributed by atoms with Crippen LogP contribution in [0.2, 0.25) is 0 Å². The number of rotatable bonds is 27. The number of Topliss-reactive ketones (excluding diaryl/α,β-unsaturated/α-hetero) is 1. The van der Waals surface area contributed by atoms with Gasteiger partial charge >= 0.3 is 6.09 Å². The highest BCUT2D eigenvalue weighted by Gasteiger charge is 2.45. The molecule has 5 rings (SSSR count). The number of ether oxygens (including phenoxy) is 7. The summed E-state index contributed by atoms with van der Waals surface area (Å²) in [6.45, 7) is 12.7. The predicted molar refractivity (Wildman–Crippen MR) is 250 cm³/mol. The van der Waals surface area contributed by atoms with Crippen molar-refractivity contribution in [2.45, 2.75) is 84.5 Å². The number of carbonyl (C=O) groups is 4. The highest BCUT2D eigenvalue weighted by Crippen LogP contribution is 2.38. The van der Waals surface area contributed by atoms with Crippen LogP contribution in [0.1, 0.15) is 74.4 Å². The number of hydrogen-bond donors (Lipinski definition) is 3. The maximum atomic E-state index is 15.0. The normalized spacial score (nSPS) is 17.7. The van der Waals surface area contributed by atoms with Crippen LogP contribution in [0.5, 0.6) is 5.75 Å². The maximum Gasteiger partial charge on any atom is 0.410 e. The lowest BCUT2D eigenvalue weighted by atomic mass is 9.69. The van der Waals surface area contributed by atoms with Crippen LogP contribution in [0.15, 0.2) is 72.8 Å². The summed E-state index contributed by atoms with van der Waals surface area (Å²) in [6.07, 6.45) is 2.67. The van der Waals surface area contributed by atoms with E-state index in [-0.39, 0.29) is 30.8 Å². The van der Waals surface area contributed by atoms with E-state index in [1.165, 1.54) is 17.5 Å². The molecule has 1 unspecified atom stereocenters. The highest BCUT2D eigenvalue weighted by molar-refractivity contribution is 5.96. The molecule has 0 saturated heterocycles. The number of benzene rings is 3. The van der Waals surface area contributed by atoms with Gasteiger partial charge in [-0.15, -0.1) is 0 Å². The zero-order valence-electron chi connectivity index (χ0n) is 39.6. The van der Waals surface area contributed by atoms with Crippen LogP contribution in [0, 0.1) is 17.3 Å². The lowest BCUT2D eigenvalue weighted by Crippen LogP contribution is -2.58. The summed E-state index contributed by atoms with van der Waals surface area (Å²) in [5.41, 5.74) is 9.68. The maximum absolute atomic E-state index is 15.0. The molecule has 2 aliphatic rings. The minimum Gasteiger partial charge on any atom is -0.491 e. The van der Waals surface area contributed by atoms with Gasteiger partial charge in [0.05, 0.1) is 84.1 Å². The van der Waals surface area contributed by atoms with Crippen LogP contribution in [0.3, 0.4) is 0 Å². The third-order valence-corrected chi connectivity index (χ3v) is 12.1. The van der Waals surface area contributed by atoms with E-state index in [4.69, 9.17) is 38.9 Å². The second-order valence-electron chi connectivity index (χ2n) is 17.9. The van der Waals surface area contributed by atoms with Gasteiger partial charge in [-0.2, -0.15) is 0 Å². The van der Waals surface area contributed by atoms with E-state index in [0.29, 0.717) is 91.4 Å². The fourth-order valence-corrected chi connectivity index (χ4v) is 8.23. The van der Waals surface area contributed by atoms with Gasteiger partial charge in [-0.3, -0.25) is 19.3 Å². The number of ketones is 1. The van der Waals surface area contributed by atoms with Crippen molar-refractivity contribution in [3.05, 3.63) is 101 Å². The fraction of sp³-hybridized carbons (Fsp3) is 0.569. The summed E-state index contributed by atoms with van der Waals surface area (Å²) < 4.78 is 39.1. The number of nitrogens with one attached hydrogen (secondary N) is 2. The van der Waals surface area contributed by atoms with Gasteiger partial charge in [0.15, 0.2) is 5.78 Å². The smallest absolute Gasteiger partial charge is 0.410 e. The monoisotopic (exact) mass is 917 g/mol. The molecule has 0 spiro atoms. The third-order valence-electron chi connectivity index (χ3n) is 12.1. The van der Waals surface area contributed by atoms with Gasteiger partial charge in [-0.25, -0.2) is 4.79 Å². The molecule has 3 aromatic carbocycles. The third kappa shape index (κ3) is 16.2. The Bertz CT molecular complexity index is 1980. The molecule has 5 atom stereocenters. The highest BCUT2D eigenvalue weighted by atomic mass is 16.6. The van der Waals surface area contributed by atoms with Crippen LogP contribution in [-0.4, -0.2) is 127 Å². The second-order valence-corrected chi connectivity index (χ2v) is 17.9. The van der Waals surface area contributed by atoms with Gasteiger partial charge in [-0.05, 0) is 84.4 Å². The summed E-state index contributed by atoms with van der Waals surface area (Å²) in [6, 6.07) is 21.2. The second kappa shape index (κ2) is 27.0. The van der Waals surface area contributed by atoms with Crippen LogP contribution in [0.25, 0.3) is 0 Å². The van der Waals surface area contributed by atoms with Crippen molar-refractivity contribution >= 4 is 23.7 Å². The van der Waals surface area contributed by atoms with Gasteiger partial charge in [0.25, 0.3) is 0 Å². The number of aryl methyl sites for hydroxylation is 1. The zero-order chi connectivity index (χ0) is 47.3. The number of hydrogen-bond acceptors (Lipinski definition) is 12. The topological polar surface area (TPSA) is 186 Å². The number of nitrogens with two attached hydrogens (primary N) is 1. The lowest BCUT2D eigenvalue weighted by molar-refractivity contribution is -0.139. The fourth-order valence-electron chi connectivity index (χ4n) is 8.23. The van der Waals surface area contributed by atoms with E-state index in [9.17, 15) is 14.4 Å². The molecule has 66 heavy (non-hydrogen) atoms. The van der Waals surface area contributed by atoms with Crippen LogP contribution in [-0.2, 0) is 68.7 Å². The quantitative estimate of drug-likeness (QED) is 0.0830. The zero-order valence-corrected chi connectivity index (χ0v) is 39.6. The molecule has 0 aliphatic heterocycles. The number of carbonyl (C=O) groups excluding carboxylic acids is 4. The Morgan fingerprint density at radius 2 is 1.32 bits per heavy atom. The Hall–Kier alpha value is -4.90. The largest absolute Gasteiger partial charge is 0.491 e. The van der Waals surface area contributed by atoms with Crippen LogP contribution >= 0.6 is 0 Å². The Labute approximate surface area is 390 Å². The van der Waals surface area contributed by atoms with E-state index >= 15 is 4.79 Å². The Balaban J connectivity index is 1.18. The molecule has 362 valence electrons. The van der Waals surface area contributed by atoms with Crippen molar-refractivity contribution in [1.29, 1.82) is 0 Å². The summed E-state index contributed by atoms with van der Waals surface area (Å²) in [4.78, 5) is 57.7. The molecule has 2 aliphatic carbocycles. The van der Waals surface area contributed by atoms with Crippen molar-refractivity contribution < 1.29 is 52.3 Å². The van der Waals surface area contributed by atoms with Crippen molar-refractivity contribution in [1.82, 2.24) is 15.5 Å². The summed E-state index contributed by atoms with van der Waals surface area (Å²) in [5.74, 6) is -1.75. The first-order valence-electron chi connectivity index (χ1n) is 23.4.